The number of hydrogen-bond donors (Lipinski definition) is 0. The van der Waals surface area contributed by atoms with Crippen molar-refractivity contribution in [2.45, 2.75) is 0 Å². The average Bonchev–Trinajstić information content (AvgIpc) is 0. The van der Waals surface area contributed by atoms with Gasteiger partial charge < -0.3 is 2.85 Å². The van der Waals surface area contributed by atoms with Crippen LogP contribution in [0.3, 0.4) is 0 Å². The van der Waals surface area contributed by atoms with Crippen LogP contribution in [0, 0.1) is 0 Å². The Hall–Kier alpha value is 3.84. The molecule has 0 unspecified atom stereocenters. The van der Waals surface area contributed by atoms with Crippen molar-refractivity contribution in [1.29, 1.82) is 0 Å². The second-order valence-electron chi connectivity index (χ2n) is 0. The molecular weight excluding hydrogens is 460 g/mol. The average molecular weight is 468 g/mol. The summed E-state index contributed by atoms with van der Waals surface area (Å²) in [5.41, 5.74) is 0. The first kappa shape index (κ1) is 36.9. The third kappa shape index (κ3) is 18.1. The van der Waals surface area contributed by atoms with Crippen LogP contribution < -0.4 is 0 Å². The second kappa shape index (κ2) is 24.9. The van der Waals surface area contributed by atoms with Gasteiger partial charge in [0, 0.05) is 42.9 Å². The summed E-state index contributed by atoms with van der Waals surface area (Å²) < 4.78 is 0. The van der Waals surface area contributed by atoms with Crippen LogP contribution in [0.4, 0.5) is 0 Å². The Morgan fingerprint density at radius 1 is 1.20 bits per heavy atom. The van der Waals surface area contributed by atoms with E-state index in [1.54, 1.807) is 0 Å². The van der Waals surface area contributed by atoms with Crippen LogP contribution >= 0.6 is 0 Å². The van der Waals surface area contributed by atoms with Crippen molar-refractivity contribution in [3.8, 4) is 0 Å². The molecular formula is H7BiCuMgScSn. The molecule has 0 aromatic carbocycles. The minimum atomic E-state index is 0. The Bertz CT molecular complexity index is 17.7. The van der Waals surface area contributed by atoms with Crippen LogP contribution in [-0.4, -0.2) is 73.2 Å². The monoisotopic (exact) mass is 468 g/mol. The first-order chi connectivity index (χ1) is 0. The van der Waals surface area contributed by atoms with Gasteiger partial charge in [0.15, 0.2) is 0 Å². The van der Waals surface area contributed by atoms with Crippen LogP contribution in [0.2, 0.25) is 0 Å². The van der Waals surface area contributed by atoms with Crippen molar-refractivity contribution < 1.29 is 45.8 Å². The van der Waals surface area contributed by atoms with Crippen molar-refractivity contribution >= 4 is 73.2 Å². The van der Waals surface area contributed by atoms with E-state index < -0.39 is 0 Å². The fraction of sp³-hybridized carbons (Fsp3) is 0. The summed E-state index contributed by atoms with van der Waals surface area (Å²) in [6.45, 7) is 0. The van der Waals surface area contributed by atoms with Gasteiger partial charge in [-0.1, -0.05) is 0 Å². The Morgan fingerprint density at radius 3 is 1.20 bits per heavy atom. The summed E-state index contributed by atoms with van der Waals surface area (Å²) in [5.74, 6) is 0. The third-order valence-corrected chi connectivity index (χ3v) is 0. The van der Waals surface area contributed by atoms with Gasteiger partial charge in [0.05, 0.1) is 0 Å². The molecule has 0 amide bonds. The van der Waals surface area contributed by atoms with Gasteiger partial charge in [-0.05, 0) is 0 Å². The van der Waals surface area contributed by atoms with E-state index in [1.165, 1.54) is 0 Å². The molecule has 0 N–H and O–H groups in total. The van der Waals surface area contributed by atoms with E-state index in [0.717, 1.165) is 0 Å². The first-order valence-electron chi connectivity index (χ1n) is 0. The Balaban J connectivity index is 0. The molecule has 0 aromatic rings. The Labute approximate surface area is 116 Å². The van der Waals surface area contributed by atoms with Crippen LogP contribution in [-0.2, 0) is 42.9 Å². The van der Waals surface area contributed by atoms with Crippen LogP contribution in [0.5, 0.6) is 0 Å². The van der Waals surface area contributed by atoms with Gasteiger partial charge in [-0.3, -0.25) is 0 Å². The Morgan fingerprint density at radius 2 is 1.20 bits per heavy atom. The zero-order valence-electron chi connectivity index (χ0n) is 5.00. The molecule has 0 saturated heterocycles. The van der Waals surface area contributed by atoms with Crippen molar-refractivity contribution in [3.05, 3.63) is 0 Å². The summed E-state index contributed by atoms with van der Waals surface area (Å²) in [6.07, 6.45) is 0. The standard InChI is InChI=1S/Bi.Cu.Mg.Sc.Sn.7H/q;;+2;;;;;;;;2*-1. The summed E-state index contributed by atoms with van der Waals surface area (Å²) >= 11 is 0. The van der Waals surface area contributed by atoms with Gasteiger partial charge in [0.2, 0.25) is 0 Å². The molecule has 32 valence electrons. The molecule has 0 nitrogen and oxygen atoms in total. The summed E-state index contributed by atoms with van der Waals surface area (Å²) in [7, 11) is 0. The van der Waals surface area contributed by atoms with E-state index in [4.69, 9.17) is 0 Å². The van der Waals surface area contributed by atoms with Crippen LogP contribution in [0.25, 0.3) is 0 Å². The van der Waals surface area contributed by atoms with Gasteiger partial charge in [-0.2, -0.15) is 0 Å². The summed E-state index contributed by atoms with van der Waals surface area (Å²) in [5, 5.41) is 0. The molecule has 0 aromatic heterocycles. The second-order valence-corrected chi connectivity index (χ2v) is 0. The molecule has 0 saturated carbocycles. The maximum atomic E-state index is 0. The van der Waals surface area contributed by atoms with E-state index in [9.17, 15) is 0 Å². The fourth-order valence-corrected chi connectivity index (χ4v) is 0. The van der Waals surface area contributed by atoms with Crippen molar-refractivity contribution in [3.63, 3.8) is 0 Å². The molecule has 0 aliphatic heterocycles. The van der Waals surface area contributed by atoms with E-state index in [1.807, 2.05) is 0 Å². The summed E-state index contributed by atoms with van der Waals surface area (Å²) in [4.78, 5) is 0. The molecule has 0 atom stereocenters. The molecule has 0 rings (SSSR count). The molecule has 5 heteroatoms. The van der Waals surface area contributed by atoms with Gasteiger partial charge in [0.25, 0.3) is 0 Å². The number of hydrogen-bond acceptors (Lipinski definition) is 0. The predicted molar refractivity (Wildman–Crippen MR) is 26.5 cm³/mol. The molecule has 4 radical (unpaired) electrons. The minimum absolute atomic E-state index is 0. The molecule has 0 aliphatic rings. The number of rotatable bonds is 0. The summed E-state index contributed by atoms with van der Waals surface area (Å²) in [6, 6.07) is 0. The van der Waals surface area contributed by atoms with Crippen molar-refractivity contribution in [2.75, 3.05) is 0 Å². The van der Waals surface area contributed by atoms with E-state index in [2.05, 4.69) is 0 Å². The molecule has 0 heterocycles. The fourth-order valence-electron chi connectivity index (χ4n) is 0. The van der Waals surface area contributed by atoms with Crippen molar-refractivity contribution in [1.82, 2.24) is 0 Å². The van der Waals surface area contributed by atoms with Crippen LogP contribution in [0.1, 0.15) is 2.85 Å². The molecule has 5 heavy (non-hydrogen) atoms. The van der Waals surface area contributed by atoms with E-state index in [-0.39, 0.29) is 119 Å². The third-order valence-electron chi connectivity index (χ3n) is 0. The molecule has 0 spiro atoms. The molecule has 0 bridgehead atoms. The van der Waals surface area contributed by atoms with E-state index >= 15 is 0 Å². The first-order valence-corrected chi connectivity index (χ1v) is 0. The van der Waals surface area contributed by atoms with E-state index in [0.29, 0.717) is 0 Å². The normalized spacial score (nSPS) is 0. The van der Waals surface area contributed by atoms with Crippen molar-refractivity contribution in [2.24, 2.45) is 0 Å². The predicted octanol–water partition coefficient (Wildman–Crippen LogP) is -2.26. The Kier molecular flexibility index (Phi) is 183. The van der Waals surface area contributed by atoms with Gasteiger partial charge in [0.1, 0.15) is 0 Å². The van der Waals surface area contributed by atoms with Gasteiger partial charge >= 0.3 is 73.2 Å². The topological polar surface area (TPSA) is 0 Å². The molecule has 0 fully saturated rings. The van der Waals surface area contributed by atoms with Gasteiger partial charge in [-0.25, -0.2) is 0 Å². The SMILES string of the molecule is [BiH3].[Cu].[H-].[H-].[Mg+2].[Sc].[SnH2]. The van der Waals surface area contributed by atoms with Gasteiger partial charge in [-0.15, -0.1) is 0 Å². The molecule has 0 aliphatic carbocycles. The quantitative estimate of drug-likeness (QED) is 0.353. The van der Waals surface area contributed by atoms with Crippen LogP contribution in [0.15, 0.2) is 0 Å². The maximum absolute atomic E-state index is 0. The zero-order chi connectivity index (χ0) is 0. The zero-order valence-corrected chi connectivity index (χ0v) is 16.7.